The fourth-order valence-electron chi connectivity index (χ4n) is 5.03. The topological polar surface area (TPSA) is 76.9 Å². The smallest absolute Gasteiger partial charge is 0.272 e. The van der Waals surface area contributed by atoms with Gasteiger partial charge in [0, 0.05) is 49.6 Å². The lowest BCUT2D eigenvalue weighted by Crippen LogP contribution is -2.52. The number of nitrogens with zero attached hydrogens (tertiary/aromatic N) is 4. The maximum absolute atomic E-state index is 13.7. The number of hydrogen-bond acceptors (Lipinski definition) is 5. The molecule has 196 valence electrons. The second-order valence-electron chi connectivity index (χ2n) is 10.2. The van der Waals surface area contributed by atoms with Crippen molar-refractivity contribution in [2.24, 2.45) is 5.41 Å². The van der Waals surface area contributed by atoms with Gasteiger partial charge in [-0.1, -0.05) is 31.5 Å². The van der Waals surface area contributed by atoms with E-state index in [1.54, 1.807) is 16.8 Å². The van der Waals surface area contributed by atoms with Gasteiger partial charge in [-0.25, -0.2) is 0 Å². The predicted molar refractivity (Wildman–Crippen MR) is 139 cm³/mol. The minimum atomic E-state index is -0.496. The zero-order valence-electron chi connectivity index (χ0n) is 21.5. The van der Waals surface area contributed by atoms with Crippen LogP contribution in [0.25, 0.3) is 0 Å². The fourth-order valence-corrected chi connectivity index (χ4v) is 5.21. The predicted octanol–water partition coefficient (Wildman–Crippen LogP) is 4.23. The zero-order valence-corrected chi connectivity index (χ0v) is 22.3. The molecule has 0 N–H and O–H groups in total. The highest BCUT2D eigenvalue weighted by Crippen LogP contribution is 2.36. The number of amides is 2. The SMILES string of the molecule is CCn1nc(C(C)C)cc1C(=O)N1CCC[C@](COc2cccc(Cl)c2)(CC(=O)N2CCOCC2)C1. The van der Waals surface area contributed by atoms with Crippen LogP contribution < -0.4 is 4.74 Å². The van der Waals surface area contributed by atoms with Gasteiger partial charge in [0.05, 0.1) is 25.5 Å². The van der Waals surface area contributed by atoms with Crippen LogP contribution in [-0.2, 0) is 16.1 Å². The third kappa shape index (κ3) is 6.21. The van der Waals surface area contributed by atoms with Gasteiger partial charge in [0.2, 0.25) is 5.91 Å². The third-order valence-corrected chi connectivity index (χ3v) is 7.32. The van der Waals surface area contributed by atoms with Crippen molar-refractivity contribution >= 4 is 23.4 Å². The molecule has 9 heteroatoms. The Labute approximate surface area is 218 Å². The van der Waals surface area contributed by atoms with E-state index >= 15 is 0 Å². The van der Waals surface area contributed by atoms with Crippen molar-refractivity contribution in [3.05, 3.63) is 46.7 Å². The molecular weight excluding hydrogens is 480 g/mol. The maximum atomic E-state index is 13.7. The minimum Gasteiger partial charge on any atom is -0.493 e. The molecular formula is C27H37ClN4O4. The molecule has 2 aliphatic rings. The number of ether oxygens (including phenoxy) is 2. The van der Waals surface area contributed by atoms with Gasteiger partial charge in [-0.3, -0.25) is 14.3 Å². The molecule has 4 rings (SSSR count). The molecule has 2 aromatic rings. The highest BCUT2D eigenvalue weighted by atomic mass is 35.5. The molecule has 0 bridgehead atoms. The molecule has 2 amide bonds. The number of halogens is 1. The Hall–Kier alpha value is -2.58. The van der Waals surface area contributed by atoms with Crippen molar-refractivity contribution in [2.45, 2.75) is 52.5 Å². The van der Waals surface area contributed by atoms with Crippen molar-refractivity contribution in [1.82, 2.24) is 19.6 Å². The number of piperidine rings is 1. The number of morpholine rings is 1. The quantitative estimate of drug-likeness (QED) is 0.524. The molecule has 2 aliphatic heterocycles. The van der Waals surface area contributed by atoms with Crippen LogP contribution in [0.4, 0.5) is 0 Å². The van der Waals surface area contributed by atoms with Gasteiger partial charge >= 0.3 is 0 Å². The van der Waals surface area contributed by atoms with Crippen molar-refractivity contribution in [3.8, 4) is 5.75 Å². The maximum Gasteiger partial charge on any atom is 0.272 e. The van der Waals surface area contributed by atoms with Crippen LogP contribution in [0.15, 0.2) is 30.3 Å². The Balaban J connectivity index is 1.56. The summed E-state index contributed by atoms with van der Waals surface area (Å²) in [7, 11) is 0. The summed E-state index contributed by atoms with van der Waals surface area (Å²) in [4.78, 5) is 30.8. The van der Waals surface area contributed by atoms with Gasteiger partial charge < -0.3 is 19.3 Å². The van der Waals surface area contributed by atoms with Crippen LogP contribution in [0.1, 0.15) is 62.1 Å². The molecule has 2 saturated heterocycles. The van der Waals surface area contributed by atoms with E-state index in [0.717, 1.165) is 18.5 Å². The molecule has 1 aromatic carbocycles. The Bertz CT molecular complexity index is 1070. The van der Waals surface area contributed by atoms with Crippen LogP contribution in [0, 0.1) is 5.41 Å². The molecule has 0 saturated carbocycles. The molecule has 0 unspecified atom stereocenters. The number of benzene rings is 1. The van der Waals surface area contributed by atoms with Crippen LogP contribution in [0.2, 0.25) is 5.02 Å². The molecule has 0 spiro atoms. The summed E-state index contributed by atoms with van der Waals surface area (Å²) in [6.07, 6.45) is 1.93. The fraction of sp³-hybridized carbons (Fsp3) is 0.593. The van der Waals surface area contributed by atoms with E-state index in [1.807, 2.05) is 34.9 Å². The van der Waals surface area contributed by atoms with E-state index < -0.39 is 5.41 Å². The number of carbonyl (C=O) groups is 2. The highest BCUT2D eigenvalue weighted by molar-refractivity contribution is 6.30. The van der Waals surface area contributed by atoms with E-state index in [4.69, 9.17) is 21.1 Å². The molecule has 0 radical (unpaired) electrons. The van der Waals surface area contributed by atoms with Crippen LogP contribution in [0.5, 0.6) is 5.75 Å². The summed E-state index contributed by atoms with van der Waals surface area (Å²) < 4.78 is 13.4. The van der Waals surface area contributed by atoms with Crippen molar-refractivity contribution in [3.63, 3.8) is 0 Å². The van der Waals surface area contributed by atoms with Crippen molar-refractivity contribution < 1.29 is 19.1 Å². The lowest BCUT2D eigenvalue weighted by molar-refractivity contribution is -0.139. The molecule has 0 aliphatic carbocycles. The van der Waals surface area contributed by atoms with Gasteiger partial charge in [-0.05, 0) is 49.9 Å². The molecule has 3 heterocycles. The van der Waals surface area contributed by atoms with Gasteiger partial charge in [0.25, 0.3) is 5.91 Å². The standard InChI is InChI=1S/C27H37ClN4O4/c1-4-32-24(16-23(29-32)20(2)3)26(34)31-10-6-9-27(18-31,17-25(33)30-11-13-35-14-12-30)19-36-22-8-5-7-21(28)15-22/h5,7-8,15-16,20H,4,6,9-14,17-19H2,1-3H3/t27-/m0/s1. The van der Waals surface area contributed by atoms with Gasteiger partial charge in [0.1, 0.15) is 11.4 Å². The number of carbonyl (C=O) groups excluding carboxylic acids is 2. The summed E-state index contributed by atoms with van der Waals surface area (Å²) >= 11 is 6.16. The highest BCUT2D eigenvalue weighted by Gasteiger charge is 2.41. The molecule has 36 heavy (non-hydrogen) atoms. The largest absolute Gasteiger partial charge is 0.493 e. The van der Waals surface area contributed by atoms with Gasteiger partial charge in [-0.15, -0.1) is 0 Å². The lowest BCUT2D eigenvalue weighted by atomic mass is 9.77. The van der Waals surface area contributed by atoms with Crippen molar-refractivity contribution in [1.29, 1.82) is 0 Å². The minimum absolute atomic E-state index is 0.0399. The first-order chi connectivity index (χ1) is 17.3. The number of aromatic nitrogens is 2. The van der Waals surface area contributed by atoms with E-state index in [2.05, 4.69) is 18.9 Å². The van der Waals surface area contributed by atoms with Crippen LogP contribution in [0.3, 0.4) is 0 Å². The first-order valence-corrected chi connectivity index (χ1v) is 13.3. The molecule has 1 atom stereocenters. The van der Waals surface area contributed by atoms with Crippen LogP contribution >= 0.6 is 11.6 Å². The average Bonchev–Trinajstić information content (AvgIpc) is 3.33. The summed E-state index contributed by atoms with van der Waals surface area (Å²) in [5.41, 5.74) is 1.02. The third-order valence-electron chi connectivity index (χ3n) is 7.09. The molecule has 1 aromatic heterocycles. The average molecular weight is 517 g/mol. The van der Waals surface area contributed by atoms with E-state index in [-0.39, 0.29) is 17.7 Å². The monoisotopic (exact) mass is 516 g/mol. The number of rotatable bonds is 8. The number of hydrogen-bond donors (Lipinski definition) is 0. The molecule has 2 fully saturated rings. The Kier molecular flexibility index (Phi) is 8.57. The summed E-state index contributed by atoms with van der Waals surface area (Å²) in [5.74, 6) is 0.946. The second-order valence-corrected chi connectivity index (χ2v) is 10.6. The van der Waals surface area contributed by atoms with E-state index in [0.29, 0.717) is 75.4 Å². The summed E-state index contributed by atoms with van der Waals surface area (Å²) in [5, 5.41) is 5.23. The number of aryl methyl sites for hydroxylation is 1. The summed E-state index contributed by atoms with van der Waals surface area (Å²) in [6, 6.07) is 9.20. The Morgan fingerprint density at radius 3 is 2.64 bits per heavy atom. The van der Waals surface area contributed by atoms with Crippen molar-refractivity contribution in [2.75, 3.05) is 46.0 Å². The zero-order chi connectivity index (χ0) is 25.7. The normalized spacial score (nSPS) is 20.6. The second kappa shape index (κ2) is 11.6. The van der Waals surface area contributed by atoms with E-state index in [1.165, 1.54) is 0 Å². The van der Waals surface area contributed by atoms with Gasteiger partial charge in [0.15, 0.2) is 0 Å². The number of likely N-dealkylation sites (tertiary alicyclic amines) is 1. The Morgan fingerprint density at radius 1 is 1.17 bits per heavy atom. The first kappa shape index (κ1) is 26.5. The molecule has 8 nitrogen and oxygen atoms in total. The van der Waals surface area contributed by atoms with E-state index in [9.17, 15) is 9.59 Å². The van der Waals surface area contributed by atoms with Gasteiger partial charge in [-0.2, -0.15) is 5.10 Å². The van der Waals surface area contributed by atoms with Crippen LogP contribution in [-0.4, -0.2) is 77.4 Å². The lowest BCUT2D eigenvalue weighted by Gasteiger charge is -2.43. The first-order valence-electron chi connectivity index (χ1n) is 12.9. The summed E-state index contributed by atoms with van der Waals surface area (Å²) in [6.45, 7) is 10.5. The Morgan fingerprint density at radius 2 is 1.94 bits per heavy atom.